The molecular formula is C49H50F6N10O4. The SMILES string of the molecule is CN1CC2(CCN(C(=O)N(Cc3ccc(-c4nnc(C(F)F)o4)cc3F)c3ccccc3)CC2)C1.O=C(N1CCC2(CC1)CNC2)N(Cc1ccc(-c2nnc(C(F)F)o2)cc1F)c1ccccc1. The van der Waals surface area contributed by atoms with E-state index in [1.54, 1.807) is 9.80 Å². The Morgan fingerprint density at radius 3 is 1.35 bits per heavy atom. The van der Waals surface area contributed by atoms with Gasteiger partial charge in [0.15, 0.2) is 0 Å². The number of rotatable bonds is 10. The van der Waals surface area contributed by atoms with Crippen LogP contribution in [0.25, 0.3) is 22.9 Å². The summed E-state index contributed by atoms with van der Waals surface area (Å²) in [5, 5.41) is 17.0. The van der Waals surface area contributed by atoms with Gasteiger partial charge in [-0.2, -0.15) is 17.6 Å². The van der Waals surface area contributed by atoms with Crippen LogP contribution in [0.15, 0.2) is 106 Å². The molecule has 0 aliphatic carbocycles. The number of halogens is 6. The van der Waals surface area contributed by atoms with Gasteiger partial charge in [-0.1, -0.05) is 48.5 Å². The molecule has 0 unspecified atom stereocenters. The topological polar surface area (TPSA) is 140 Å². The Morgan fingerprint density at radius 1 is 0.609 bits per heavy atom. The summed E-state index contributed by atoms with van der Waals surface area (Å²) >= 11 is 0. The summed E-state index contributed by atoms with van der Waals surface area (Å²) in [6, 6.07) is 26.3. The minimum Gasteiger partial charge on any atom is -0.415 e. The molecule has 2 aromatic heterocycles. The average molecular weight is 957 g/mol. The summed E-state index contributed by atoms with van der Waals surface area (Å²) in [5.41, 5.74) is 2.89. The third kappa shape index (κ3) is 10.5. The van der Waals surface area contributed by atoms with Crippen molar-refractivity contribution in [3.8, 4) is 22.9 Å². The van der Waals surface area contributed by atoms with Crippen LogP contribution in [-0.2, 0) is 13.1 Å². The third-order valence-electron chi connectivity index (χ3n) is 13.5. The van der Waals surface area contributed by atoms with Gasteiger partial charge in [0.2, 0.25) is 11.8 Å². The summed E-state index contributed by atoms with van der Waals surface area (Å²) in [7, 11) is 2.11. The highest BCUT2D eigenvalue weighted by Crippen LogP contribution is 2.40. The third-order valence-corrected chi connectivity index (χ3v) is 13.5. The summed E-state index contributed by atoms with van der Waals surface area (Å²) in [6.07, 6.45) is -1.99. The molecule has 6 aromatic rings. The number of hydrogen-bond acceptors (Lipinski definition) is 10. The molecule has 4 aliphatic heterocycles. The van der Waals surface area contributed by atoms with Crippen molar-refractivity contribution < 1.29 is 44.8 Å². The number of anilines is 2. The number of benzene rings is 4. The Hall–Kier alpha value is -6.80. The summed E-state index contributed by atoms with van der Waals surface area (Å²) in [6.45, 7) is 6.81. The van der Waals surface area contributed by atoms with E-state index in [0.717, 1.165) is 64.0 Å². The fraction of sp³-hybridized carbons (Fsp3) is 0.388. The highest BCUT2D eigenvalue weighted by Gasteiger charge is 2.45. The molecule has 0 saturated carbocycles. The van der Waals surface area contributed by atoms with Crippen molar-refractivity contribution in [3.63, 3.8) is 0 Å². The Labute approximate surface area is 393 Å². The molecule has 4 saturated heterocycles. The lowest BCUT2D eigenvalue weighted by atomic mass is 9.72. The quantitative estimate of drug-likeness (QED) is 0.132. The van der Waals surface area contributed by atoms with E-state index >= 15 is 8.78 Å². The maximum atomic E-state index is 15.1. The van der Waals surface area contributed by atoms with Crippen molar-refractivity contribution in [2.24, 2.45) is 10.8 Å². The van der Waals surface area contributed by atoms with Crippen LogP contribution in [0, 0.1) is 22.5 Å². The van der Waals surface area contributed by atoms with E-state index in [2.05, 4.69) is 37.7 Å². The first-order valence-electron chi connectivity index (χ1n) is 22.7. The van der Waals surface area contributed by atoms with Gasteiger partial charge in [0.1, 0.15) is 11.6 Å². The lowest BCUT2D eigenvalue weighted by molar-refractivity contribution is -0.0228. The van der Waals surface area contributed by atoms with Crippen LogP contribution in [0.2, 0.25) is 0 Å². The Balaban J connectivity index is 0.000000172. The highest BCUT2D eigenvalue weighted by atomic mass is 19.3. The number of nitrogens with one attached hydrogen (secondary N) is 1. The zero-order chi connectivity index (χ0) is 48.3. The molecule has 0 atom stereocenters. The fourth-order valence-electron chi connectivity index (χ4n) is 9.52. The Kier molecular flexibility index (Phi) is 13.7. The van der Waals surface area contributed by atoms with Gasteiger partial charge in [-0.25, -0.2) is 18.4 Å². The van der Waals surface area contributed by atoms with Crippen LogP contribution in [0.4, 0.5) is 47.3 Å². The van der Waals surface area contributed by atoms with Crippen molar-refractivity contribution in [2.45, 2.75) is 51.6 Å². The minimum atomic E-state index is -2.90. The van der Waals surface area contributed by atoms with Crippen molar-refractivity contribution >= 4 is 23.4 Å². The molecule has 4 amide bonds. The van der Waals surface area contributed by atoms with E-state index in [1.165, 1.54) is 24.3 Å². The number of carbonyl (C=O) groups excluding carboxylic acids is 2. The monoisotopic (exact) mass is 956 g/mol. The molecule has 6 heterocycles. The number of carbonyl (C=O) groups is 2. The molecule has 1 N–H and O–H groups in total. The van der Waals surface area contributed by atoms with E-state index in [4.69, 9.17) is 8.83 Å². The highest BCUT2D eigenvalue weighted by molar-refractivity contribution is 5.93. The first kappa shape index (κ1) is 47.3. The van der Waals surface area contributed by atoms with Gasteiger partial charge >= 0.3 is 24.9 Å². The van der Waals surface area contributed by atoms with Gasteiger partial charge in [-0.3, -0.25) is 9.80 Å². The van der Waals surface area contributed by atoms with Gasteiger partial charge in [-0.05, 0) is 92.1 Å². The summed E-state index contributed by atoms with van der Waals surface area (Å²) < 4.78 is 90.9. The number of para-hydroxylation sites is 2. The molecule has 2 spiro atoms. The summed E-state index contributed by atoms with van der Waals surface area (Å²) in [5.74, 6) is -3.21. The lowest BCUT2D eigenvalue weighted by Gasteiger charge is -2.53. The molecular weight excluding hydrogens is 907 g/mol. The number of urea groups is 2. The molecule has 14 nitrogen and oxygen atoms in total. The van der Waals surface area contributed by atoms with E-state index in [0.29, 0.717) is 48.4 Å². The van der Waals surface area contributed by atoms with Gasteiger partial charge in [0, 0.05) is 86.0 Å². The zero-order valence-corrected chi connectivity index (χ0v) is 37.7. The van der Waals surface area contributed by atoms with Gasteiger partial charge in [0.25, 0.3) is 11.8 Å². The van der Waals surface area contributed by atoms with Gasteiger partial charge in [0.05, 0.1) is 13.1 Å². The average Bonchev–Trinajstić information content (AvgIpc) is 4.06. The van der Waals surface area contributed by atoms with Crippen LogP contribution in [0.5, 0.6) is 0 Å². The molecule has 10 rings (SSSR count). The Morgan fingerprint density at radius 2 is 1.01 bits per heavy atom. The first-order chi connectivity index (χ1) is 33.3. The van der Waals surface area contributed by atoms with Gasteiger partial charge < -0.3 is 28.9 Å². The molecule has 4 fully saturated rings. The second kappa shape index (κ2) is 20.0. The van der Waals surface area contributed by atoms with E-state index in [9.17, 15) is 27.2 Å². The minimum absolute atomic E-state index is 0.0181. The number of amides is 4. The molecule has 0 bridgehead atoms. The maximum Gasteiger partial charge on any atom is 0.324 e. The predicted octanol–water partition coefficient (Wildman–Crippen LogP) is 9.59. The van der Waals surface area contributed by atoms with E-state index in [-0.39, 0.29) is 59.2 Å². The van der Waals surface area contributed by atoms with Crippen molar-refractivity contribution in [3.05, 3.63) is 132 Å². The van der Waals surface area contributed by atoms with Crippen molar-refractivity contribution in [2.75, 3.05) is 69.2 Å². The van der Waals surface area contributed by atoms with Crippen molar-refractivity contribution in [1.29, 1.82) is 0 Å². The summed E-state index contributed by atoms with van der Waals surface area (Å²) in [4.78, 5) is 36.2. The van der Waals surface area contributed by atoms with Crippen LogP contribution in [-0.4, -0.2) is 107 Å². The fourth-order valence-corrected chi connectivity index (χ4v) is 9.52. The molecule has 362 valence electrons. The van der Waals surface area contributed by atoms with Crippen LogP contribution in [0.3, 0.4) is 0 Å². The number of alkyl halides is 4. The molecule has 20 heteroatoms. The number of nitrogens with zero attached hydrogens (tertiary/aromatic N) is 9. The number of aromatic nitrogens is 4. The lowest BCUT2D eigenvalue weighted by Crippen LogP contribution is -2.60. The smallest absolute Gasteiger partial charge is 0.324 e. The second-order valence-electron chi connectivity index (χ2n) is 18.3. The first-order valence-corrected chi connectivity index (χ1v) is 22.7. The maximum absolute atomic E-state index is 15.1. The number of hydrogen-bond donors (Lipinski definition) is 1. The predicted molar refractivity (Wildman–Crippen MR) is 242 cm³/mol. The molecule has 4 aromatic carbocycles. The largest absolute Gasteiger partial charge is 0.415 e. The van der Waals surface area contributed by atoms with Crippen molar-refractivity contribution in [1.82, 2.24) is 40.4 Å². The van der Waals surface area contributed by atoms with Gasteiger partial charge in [-0.15, -0.1) is 20.4 Å². The Bertz CT molecular complexity index is 2710. The van der Waals surface area contributed by atoms with Crippen LogP contribution < -0.4 is 15.1 Å². The second-order valence-corrected chi connectivity index (χ2v) is 18.3. The molecule has 4 aliphatic rings. The zero-order valence-electron chi connectivity index (χ0n) is 37.7. The number of piperidine rings is 2. The molecule has 69 heavy (non-hydrogen) atoms. The van der Waals surface area contributed by atoms with E-state index in [1.807, 2.05) is 70.5 Å². The van der Waals surface area contributed by atoms with Crippen LogP contribution in [0.1, 0.15) is 61.4 Å². The van der Waals surface area contributed by atoms with Crippen LogP contribution >= 0.6 is 0 Å². The standard InChI is InChI=1S/C25H26F3N5O2.C24H24F3N5O2/c1-31-15-25(16-31)9-11-32(12-10-25)24(34)33(19-5-3-2-4-6-19)14-18-8-7-17(13-20(18)26)22-29-30-23(35-22)21(27)28;25-19-12-16(21-29-30-22(34-21)20(26)27)6-7-17(19)13-32(18-4-2-1-3-5-18)23(33)31-10-8-24(9-11-31)14-28-15-24/h2-8,13,21H,9-12,14-16H2,1H3;1-7,12,20,28H,8-11,13-15H2. The number of likely N-dealkylation sites (tertiary alicyclic amines) is 3. The normalized spacial score (nSPS) is 17.3. The van der Waals surface area contributed by atoms with E-state index < -0.39 is 36.3 Å². The molecule has 0 radical (unpaired) electrons.